The molecular weight excluding hydrogens is 396 g/mol. The predicted octanol–water partition coefficient (Wildman–Crippen LogP) is 4.10. The summed E-state index contributed by atoms with van der Waals surface area (Å²) >= 11 is 1.60. The average Bonchev–Trinajstić information content (AvgIpc) is 3.25. The van der Waals surface area contributed by atoms with E-state index in [0.717, 1.165) is 36.1 Å². The lowest BCUT2D eigenvalue weighted by Gasteiger charge is -2.42. The molecule has 2 amide bonds. The summed E-state index contributed by atoms with van der Waals surface area (Å²) in [4.78, 5) is 30.0. The number of amides is 2. The van der Waals surface area contributed by atoms with Crippen LogP contribution in [0.1, 0.15) is 72.3 Å². The van der Waals surface area contributed by atoms with Gasteiger partial charge in [-0.15, -0.1) is 11.3 Å². The van der Waals surface area contributed by atoms with Gasteiger partial charge < -0.3 is 15.3 Å². The number of rotatable bonds is 5. The number of nitrogens with zero attached hydrogens (tertiary/aromatic N) is 1. The molecule has 0 spiro atoms. The third kappa shape index (κ3) is 4.16. The second-order valence-corrected chi connectivity index (χ2v) is 9.87. The van der Waals surface area contributed by atoms with Crippen LogP contribution in [0.5, 0.6) is 0 Å². The fourth-order valence-electron chi connectivity index (χ4n) is 4.76. The van der Waals surface area contributed by atoms with Gasteiger partial charge in [-0.2, -0.15) is 0 Å². The van der Waals surface area contributed by atoms with Crippen LogP contribution in [0, 0.1) is 5.92 Å². The Kier molecular flexibility index (Phi) is 6.25. The van der Waals surface area contributed by atoms with Gasteiger partial charge in [-0.05, 0) is 54.7 Å². The van der Waals surface area contributed by atoms with Crippen molar-refractivity contribution < 1.29 is 14.7 Å². The molecular formula is C24H30N2O3S. The first-order valence-corrected chi connectivity index (χ1v) is 11.8. The summed E-state index contributed by atoms with van der Waals surface area (Å²) in [6.07, 6.45) is 2.77. The van der Waals surface area contributed by atoms with Crippen LogP contribution in [-0.2, 0) is 4.79 Å². The zero-order valence-corrected chi connectivity index (χ0v) is 18.4. The molecule has 0 bridgehead atoms. The topological polar surface area (TPSA) is 69.6 Å². The van der Waals surface area contributed by atoms with Crippen LogP contribution in [0.2, 0.25) is 0 Å². The molecule has 30 heavy (non-hydrogen) atoms. The van der Waals surface area contributed by atoms with Gasteiger partial charge in [-0.1, -0.05) is 38.1 Å². The van der Waals surface area contributed by atoms with Crippen LogP contribution in [0.4, 0.5) is 0 Å². The lowest BCUT2D eigenvalue weighted by Crippen LogP contribution is -2.50. The fraction of sp³-hybridized carbons (Fsp3) is 0.500. The van der Waals surface area contributed by atoms with Crippen molar-refractivity contribution >= 4 is 23.2 Å². The van der Waals surface area contributed by atoms with Crippen molar-refractivity contribution in [2.75, 3.05) is 6.54 Å². The van der Waals surface area contributed by atoms with E-state index in [2.05, 4.69) is 19.2 Å². The van der Waals surface area contributed by atoms with E-state index in [0.29, 0.717) is 18.0 Å². The van der Waals surface area contributed by atoms with Gasteiger partial charge in [0.1, 0.15) is 0 Å². The van der Waals surface area contributed by atoms with Gasteiger partial charge >= 0.3 is 0 Å². The normalized spacial score (nSPS) is 26.5. The second kappa shape index (κ2) is 8.90. The summed E-state index contributed by atoms with van der Waals surface area (Å²) in [6, 6.07) is 11.3. The molecule has 0 radical (unpaired) electrons. The largest absolute Gasteiger partial charge is 0.393 e. The van der Waals surface area contributed by atoms with E-state index in [1.165, 1.54) is 0 Å². The molecule has 2 heterocycles. The highest BCUT2D eigenvalue weighted by Gasteiger charge is 2.45. The first-order valence-electron chi connectivity index (χ1n) is 10.9. The zero-order valence-electron chi connectivity index (χ0n) is 17.6. The second-order valence-electron chi connectivity index (χ2n) is 8.89. The molecule has 1 fully saturated rings. The molecule has 4 rings (SSSR count). The Morgan fingerprint density at radius 1 is 1.17 bits per heavy atom. The highest BCUT2D eigenvalue weighted by atomic mass is 32.1. The van der Waals surface area contributed by atoms with E-state index in [9.17, 15) is 14.7 Å². The van der Waals surface area contributed by atoms with Crippen molar-refractivity contribution in [3.63, 3.8) is 0 Å². The van der Waals surface area contributed by atoms with E-state index >= 15 is 0 Å². The molecule has 2 aliphatic rings. The first kappa shape index (κ1) is 21.1. The summed E-state index contributed by atoms with van der Waals surface area (Å²) in [5, 5.41) is 15.1. The smallest absolute Gasteiger partial charge is 0.254 e. The van der Waals surface area contributed by atoms with Crippen LogP contribution < -0.4 is 5.32 Å². The summed E-state index contributed by atoms with van der Waals surface area (Å²) < 4.78 is 0. The minimum absolute atomic E-state index is 0.00235. The number of fused-ring (bicyclic) bond motifs is 1. The lowest BCUT2D eigenvalue weighted by molar-refractivity contribution is -0.125. The average molecular weight is 427 g/mol. The molecule has 1 aliphatic heterocycles. The van der Waals surface area contributed by atoms with Crippen LogP contribution in [-0.4, -0.2) is 40.5 Å². The Bertz CT molecular complexity index is 888. The van der Waals surface area contributed by atoms with Gasteiger partial charge in [0, 0.05) is 23.0 Å². The molecule has 0 unspecified atom stereocenters. The minimum Gasteiger partial charge on any atom is -0.393 e. The van der Waals surface area contributed by atoms with E-state index in [4.69, 9.17) is 0 Å². The highest BCUT2D eigenvalue weighted by Crippen LogP contribution is 2.44. The van der Waals surface area contributed by atoms with Crippen molar-refractivity contribution in [1.82, 2.24) is 10.2 Å². The third-order valence-electron chi connectivity index (χ3n) is 6.16. The molecule has 1 aromatic heterocycles. The van der Waals surface area contributed by atoms with Crippen LogP contribution in [0.25, 0.3) is 0 Å². The molecule has 5 nitrogen and oxygen atoms in total. The fourth-order valence-corrected chi connectivity index (χ4v) is 5.63. The molecule has 160 valence electrons. The number of benzene rings is 1. The van der Waals surface area contributed by atoms with Crippen molar-refractivity contribution in [3.8, 4) is 0 Å². The van der Waals surface area contributed by atoms with Gasteiger partial charge in [-0.3, -0.25) is 9.59 Å². The molecule has 1 saturated carbocycles. The van der Waals surface area contributed by atoms with E-state index in [1.807, 2.05) is 46.7 Å². The van der Waals surface area contributed by atoms with Crippen LogP contribution >= 0.6 is 11.3 Å². The number of hydrogen-bond acceptors (Lipinski definition) is 4. The standard InChI is InChI=1S/C24H30N2O3S/c1-15(2)14-26-22(20-8-5-13-30-20)21(18-6-3-4-7-19(18)24(26)29)23(28)25-16-9-11-17(27)12-10-16/h3-8,13,15-17,21-22,27H,9-12,14H2,1-2H3,(H,25,28)/t16?,17?,21-,22-/m0/s1. The maximum Gasteiger partial charge on any atom is 0.254 e. The number of nitrogens with one attached hydrogen (secondary N) is 1. The SMILES string of the molecule is CC(C)CN1C(=O)c2ccccc2[C@H](C(=O)NC2CCC(O)CC2)[C@@H]1c1cccs1. The Balaban J connectivity index is 1.73. The number of aliphatic hydroxyl groups is 1. The highest BCUT2D eigenvalue weighted by molar-refractivity contribution is 7.10. The summed E-state index contributed by atoms with van der Waals surface area (Å²) in [5.74, 6) is -0.167. The first-order chi connectivity index (χ1) is 14.5. The van der Waals surface area contributed by atoms with Gasteiger partial charge in [0.05, 0.1) is 18.1 Å². The van der Waals surface area contributed by atoms with Crippen molar-refractivity contribution in [2.24, 2.45) is 5.92 Å². The monoisotopic (exact) mass is 426 g/mol. The summed E-state index contributed by atoms with van der Waals surface area (Å²) in [6.45, 7) is 4.80. The van der Waals surface area contributed by atoms with Crippen LogP contribution in [0.3, 0.4) is 0 Å². The molecule has 6 heteroatoms. The number of carbonyl (C=O) groups excluding carboxylic acids is 2. The number of thiophene rings is 1. The Morgan fingerprint density at radius 3 is 2.57 bits per heavy atom. The summed E-state index contributed by atoms with van der Waals surface area (Å²) in [5.41, 5.74) is 1.44. The zero-order chi connectivity index (χ0) is 21.3. The van der Waals surface area contributed by atoms with E-state index < -0.39 is 5.92 Å². The quantitative estimate of drug-likeness (QED) is 0.756. The molecule has 2 N–H and O–H groups in total. The predicted molar refractivity (Wildman–Crippen MR) is 119 cm³/mol. The molecule has 2 atom stereocenters. The molecule has 0 saturated heterocycles. The van der Waals surface area contributed by atoms with Gasteiger partial charge in [0.25, 0.3) is 5.91 Å². The van der Waals surface area contributed by atoms with Crippen molar-refractivity contribution in [2.45, 2.75) is 63.6 Å². The van der Waals surface area contributed by atoms with Gasteiger partial charge in [0.2, 0.25) is 5.91 Å². The Hall–Kier alpha value is -2.18. The number of hydrogen-bond donors (Lipinski definition) is 2. The maximum atomic E-state index is 13.6. The molecule has 1 aliphatic carbocycles. The minimum atomic E-state index is -0.442. The number of aliphatic hydroxyl groups excluding tert-OH is 1. The van der Waals surface area contributed by atoms with Crippen molar-refractivity contribution in [1.29, 1.82) is 0 Å². The maximum absolute atomic E-state index is 13.6. The Labute approximate surface area is 182 Å². The van der Waals surface area contributed by atoms with Gasteiger partial charge in [0.15, 0.2) is 0 Å². The lowest BCUT2D eigenvalue weighted by atomic mass is 9.80. The van der Waals surface area contributed by atoms with E-state index in [-0.39, 0.29) is 30.0 Å². The molecule has 1 aromatic carbocycles. The van der Waals surface area contributed by atoms with Gasteiger partial charge in [-0.25, -0.2) is 0 Å². The van der Waals surface area contributed by atoms with Crippen molar-refractivity contribution in [3.05, 3.63) is 57.8 Å². The third-order valence-corrected chi connectivity index (χ3v) is 7.10. The summed E-state index contributed by atoms with van der Waals surface area (Å²) in [7, 11) is 0. The molecule has 2 aromatic rings. The number of carbonyl (C=O) groups is 2. The Morgan fingerprint density at radius 2 is 1.90 bits per heavy atom. The van der Waals surface area contributed by atoms with E-state index in [1.54, 1.807) is 11.3 Å². The van der Waals surface area contributed by atoms with Crippen LogP contribution in [0.15, 0.2) is 41.8 Å².